The fraction of sp³-hybridized carbons (Fsp3) is 0.176. The van der Waals surface area contributed by atoms with Crippen LogP contribution in [0, 0.1) is 0 Å². The Labute approximate surface area is 123 Å². The normalized spacial score (nSPS) is 11.7. The molecule has 0 aliphatic heterocycles. The molecule has 0 saturated carbocycles. The molecule has 2 rings (SSSR count). The molecule has 0 aliphatic carbocycles. The first-order chi connectivity index (χ1) is 10.1. The van der Waals surface area contributed by atoms with E-state index < -0.39 is 12.0 Å². The maximum absolute atomic E-state index is 11.2. The van der Waals surface area contributed by atoms with Gasteiger partial charge in [0.1, 0.15) is 0 Å². The van der Waals surface area contributed by atoms with Gasteiger partial charge in [0.05, 0.1) is 12.5 Å². The second-order valence-corrected chi connectivity index (χ2v) is 4.84. The van der Waals surface area contributed by atoms with E-state index in [0.29, 0.717) is 0 Å². The third kappa shape index (κ3) is 4.18. The SMILES string of the molecule is CC(=O)N[C@H](CC(=O)O)c1ccc(-c2ccccc2)cc1. The lowest BCUT2D eigenvalue weighted by molar-refractivity contribution is -0.137. The average Bonchev–Trinajstić information content (AvgIpc) is 2.47. The van der Waals surface area contributed by atoms with Gasteiger partial charge in [-0.3, -0.25) is 9.59 Å². The molecule has 0 aromatic heterocycles. The van der Waals surface area contributed by atoms with Gasteiger partial charge in [0.25, 0.3) is 0 Å². The molecule has 0 aliphatic rings. The van der Waals surface area contributed by atoms with Crippen LogP contribution in [0.15, 0.2) is 54.6 Å². The molecule has 21 heavy (non-hydrogen) atoms. The molecule has 1 atom stereocenters. The van der Waals surface area contributed by atoms with Gasteiger partial charge in [0, 0.05) is 6.92 Å². The van der Waals surface area contributed by atoms with Crippen molar-refractivity contribution in [2.24, 2.45) is 0 Å². The average molecular weight is 283 g/mol. The maximum atomic E-state index is 11.2. The third-order valence-corrected chi connectivity index (χ3v) is 3.18. The van der Waals surface area contributed by atoms with Crippen molar-refractivity contribution in [1.82, 2.24) is 5.32 Å². The van der Waals surface area contributed by atoms with Crippen molar-refractivity contribution < 1.29 is 14.7 Å². The molecule has 0 bridgehead atoms. The molecular weight excluding hydrogens is 266 g/mol. The Balaban J connectivity index is 2.22. The van der Waals surface area contributed by atoms with Gasteiger partial charge >= 0.3 is 5.97 Å². The van der Waals surface area contributed by atoms with Crippen molar-refractivity contribution in [2.75, 3.05) is 0 Å². The molecule has 2 aromatic rings. The molecule has 0 heterocycles. The number of hydrogen-bond acceptors (Lipinski definition) is 2. The van der Waals surface area contributed by atoms with E-state index in [4.69, 9.17) is 5.11 Å². The molecular formula is C17H17NO3. The van der Waals surface area contributed by atoms with Gasteiger partial charge in [-0.05, 0) is 16.7 Å². The fourth-order valence-corrected chi connectivity index (χ4v) is 2.21. The molecule has 4 heteroatoms. The summed E-state index contributed by atoms with van der Waals surface area (Å²) in [5.74, 6) is -1.19. The van der Waals surface area contributed by atoms with Crippen molar-refractivity contribution in [2.45, 2.75) is 19.4 Å². The number of rotatable bonds is 5. The predicted octanol–water partition coefficient (Wildman–Crippen LogP) is 3.01. The number of hydrogen-bond donors (Lipinski definition) is 2. The van der Waals surface area contributed by atoms with Crippen LogP contribution in [0.3, 0.4) is 0 Å². The number of carboxylic acids is 1. The minimum atomic E-state index is -0.944. The summed E-state index contributed by atoms with van der Waals surface area (Å²) in [7, 11) is 0. The minimum Gasteiger partial charge on any atom is -0.481 e. The molecule has 1 amide bonds. The van der Waals surface area contributed by atoms with Gasteiger partial charge in [-0.1, -0.05) is 54.6 Å². The smallest absolute Gasteiger partial charge is 0.305 e. The van der Waals surface area contributed by atoms with Gasteiger partial charge in [-0.2, -0.15) is 0 Å². The van der Waals surface area contributed by atoms with Crippen molar-refractivity contribution in [1.29, 1.82) is 0 Å². The van der Waals surface area contributed by atoms with Crippen molar-refractivity contribution in [3.63, 3.8) is 0 Å². The first-order valence-electron chi connectivity index (χ1n) is 6.70. The zero-order valence-electron chi connectivity index (χ0n) is 11.7. The number of amides is 1. The molecule has 0 saturated heterocycles. The van der Waals surface area contributed by atoms with E-state index in [2.05, 4.69) is 5.32 Å². The van der Waals surface area contributed by atoms with Crippen LogP contribution in [-0.2, 0) is 9.59 Å². The van der Waals surface area contributed by atoms with E-state index in [0.717, 1.165) is 16.7 Å². The van der Waals surface area contributed by atoms with E-state index >= 15 is 0 Å². The number of carbonyl (C=O) groups excluding carboxylic acids is 1. The number of benzene rings is 2. The lowest BCUT2D eigenvalue weighted by atomic mass is 9.99. The molecule has 108 valence electrons. The minimum absolute atomic E-state index is 0.135. The molecule has 2 aromatic carbocycles. The van der Waals surface area contributed by atoms with E-state index in [-0.39, 0.29) is 12.3 Å². The highest BCUT2D eigenvalue weighted by Crippen LogP contribution is 2.23. The largest absolute Gasteiger partial charge is 0.481 e. The Morgan fingerprint density at radius 1 is 1.00 bits per heavy atom. The Morgan fingerprint density at radius 3 is 2.10 bits per heavy atom. The molecule has 4 nitrogen and oxygen atoms in total. The Bertz CT molecular complexity index is 604. The fourth-order valence-electron chi connectivity index (χ4n) is 2.21. The monoisotopic (exact) mass is 283 g/mol. The van der Waals surface area contributed by atoms with Crippen LogP contribution in [0.2, 0.25) is 0 Å². The summed E-state index contributed by atoms with van der Waals surface area (Å²) in [6.45, 7) is 1.38. The van der Waals surface area contributed by atoms with Crippen molar-refractivity contribution in [3.8, 4) is 11.1 Å². The van der Waals surface area contributed by atoms with Crippen LogP contribution in [-0.4, -0.2) is 17.0 Å². The zero-order valence-corrected chi connectivity index (χ0v) is 11.7. The molecule has 0 fully saturated rings. The molecule has 0 spiro atoms. The van der Waals surface area contributed by atoms with E-state index in [1.165, 1.54) is 6.92 Å². The second kappa shape index (κ2) is 6.70. The summed E-state index contributed by atoms with van der Waals surface area (Å²) < 4.78 is 0. The third-order valence-electron chi connectivity index (χ3n) is 3.18. The Hall–Kier alpha value is -2.62. The predicted molar refractivity (Wildman–Crippen MR) is 80.7 cm³/mol. The molecule has 0 radical (unpaired) electrons. The van der Waals surface area contributed by atoms with Crippen LogP contribution in [0.25, 0.3) is 11.1 Å². The highest BCUT2D eigenvalue weighted by molar-refractivity contribution is 5.75. The summed E-state index contributed by atoms with van der Waals surface area (Å²) in [6.07, 6.45) is -0.135. The summed E-state index contributed by atoms with van der Waals surface area (Å²) in [6, 6.07) is 17.0. The van der Waals surface area contributed by atoms with Crippen molar-refractivity contribution >= 4 is 11.9 Å². The zero-order chi connectivity index (χ0) is 15.2. The maximum Gasteiger partial charge on any atom is 0.305 e. The molecule has 2 N–H and O–H groups in total. The number of nitrogens with one attached hydrogen (secondary N) is 1. The summed E-state index contributed by atoms with van der Waals surface area (Å²) >= 11 is 0. The van der Waals surface area contributed by atoms with Crippen molar-refractivity contribution in [3.05, 3.63) is 60.2 Å². The van der Waals surface area contributed by atoms with Crippen LogP contribution in [0.1, 0.15) is 24.9 Å². The highest BCUT2D eigenvalue weighted by atomic mass is 16.4. The summed E-state index contributed by atoms with van der Waals surface area (Å²) in [5.41, 5.74) is 2.93. The standard InChI is InChI=1S/C17H17NO3/c1-12(19)18-16(11-17(20)21)15-9-7-14(8-10-15)13-5-3-2-4-6-13/h2-10,16H,11H2,1H3,(H,18,19)(H,20,21)/t16-/m1/s1. The first kappa shape index (κ1) is 14.8. The topological polar surface area (TPSA) is 66.4 Å². The summed E-state index contributed by atoms with van der Waals surface area (Å²) in [5, 5.41) is 11.6. The van der Waals surface area contributed by atoms with E-state index in [9.17, 15) is 9.59 Å². The van der Waals surface area contributed by atoms with E-state index in [1.807, 2.05) is 54.6 Å². The second-order valence-electron chi connectivity index (χ2n) is 4.84. The number of aliphatic carboxylic acids is 1. The van der Waals surface area contributed by atoms with Gasteiger partial charge in [0.15, 0.2) is 0 Å². The lowest BCUT2D eigenvalue weighted by Crippen LogP contribution is -2.27. The number of carbonyl (C=O) groups is 2. The van der Waals surface area contributed by atoms with Gasteiger partial charge < -0.3 is 10.4 Å². The number of carboxylic acid groups (broad SMARTS) is 1. The highest BCUT2D eigenvalue weighted by Gasteiger charge is 2.16. The Kier molecular flexibility index (Phi) is 4.72. The van der Waals surface area contributed by atoms with E-state index in [1.54, 1.807) is 0 Å². The van der Waals surface area contributed by atoms with Gasteiger partial charge in [-0.15, -0.1) is 0 Å². The quantitative estimate of drug-likeness (QED) is 0.886. The lowest BCUT2D eigenvalue weighted by Gasteiger charge is -2.16. The molecule has 0 unspecified atom stereocenters. The Morgan fingerprint density at radius 2 is 1.57 bits per heavy atom. The first-order valence-corrected chi connectivity index (χ1v) is 6.70. The summed E-state index contributed by atoms with van der Waals surface area (Å²) in [4.78, 5) is 22.1. The van der Waals surface area contributed by atoms with Gasteiger partial charge in [-0.25, -0.2) is 0 Å². The van der Waals surface area contributed by atoms with Crippen LogP contribution in [0.4, 0.5) is 0 Å². The van der Waals surface area contributed by atoms with Crippen LogP contribution in [0.5, 0.6) is 0 Å². The van der Waals surface area contributed by atoms with Crippen LogP contribution < -0.4 is 5.32 Å². The van der Waals surface area contributed by atoms with Gasteiger partial charge in [0.2, 0.25) is 5.91 Å². The van der Waals surface area contributed by atoms with Crippen LogP contribution >= 0.6 is 0 Å².